The van der Waals surface area contributed by atoms with Gasteiger partial charge in [-0.2, -0.15) is 0 Å². The summed E-state index contributed by atoms with van der Waals surface area (Å²) >= 11 is 0. The minimum Gasteiger partial charge on any atom is -0.362 e. The SMILES string of the molecule is Cl.OC1(F)CCCCC1. The molecule has 3 heteroatoms. The van der Waals surface area contributed by atoms with E-state index >= 15 is 0 Å². The summed E-state index contributed by atoms with van der Waals surface area (Å²) in [5.41, 5.74) is 0. The molecule has 0 bridgehead atoms. The van der Waals surface area contributed by atoms with Crippen LogP contribution in [0.1, 0.15) is 32.1 Å². The molecule has 0 unspecified atom stereocenters. The minimum atomic E-state index is -1.82. The van der Waals surface area contributed by atoms with Gasteiger partial charge in [0.2, 0.25) is 5.85 Å². The first-order valence-electron chi connectivity index (χ1n) is 3.12. The Bertz CT molecular complexity index is 77.1. The largest absolute Gasteiger partial charge is 0.362 e. The van der Waals surface area contributed by atoms with Crippen LogP contribution in [0.3, 0.4) is 0 Å². The molecule has 0 amide bonds. The maximum Gasteiger partial charge on any atom is 0.206 e. The molecule has 0 spiro atoms. The van der Waals surface area contributed by atoms with Crippen molar-refractivity contribution < 1.29 is 9.50 Å². The fraction of sp³-hybridized carbons (Fsp3) is 1.00. The lowest BCUT2D eigenvalue weighted by atomic mass is 9.96. The lowest BCUT2D eigenvalue weighted by Crippen LogP contribution is -2.24. The second-order valence-corrected chi connectivity index (χ2v) is 2.48. The van der Waals surface area contributed by atoms with E-state index in [0.717, 1.165) is 19.3 Å². The van der Waals surface area contributed by atoms with Crippen molar-refractivity contribution >= 4 is 12.4 Å². The normalized spacial score (nSPS) is 24.7. The van der Waals surface area contributed by atoms with E-state index in [1.165, 1.54) is 0 Å². The van der Waals surface area contributed by atoms with E-state index < -0.39 is 5.85 Å². The fourth-order valence-corrected chi connectivity index (χ4v) is 1.09. The van der Waals surface area contributed by atoms with E-state index in [1.807, 2.05) is 0 Å². The van der Waals surface area contributed by atoms with Gasteiger partial charge in [-0.05, 0) is 12.8 Å². The van der Waals surface area contributed by atoms with E-state index in [1.54, 1.807) is 0 Å². The minimum absolute atomic E-state index is 0. The van der Waals surface area contributed by atoms with Crippen molar-refractivity contribution in [2.75, 3.05) is 0 Å². The lowest BCUT2D eigenvalue weighted by molar-refractivity contribution is -0.113. The third-order valence-corrected chi connectivity index (χ3v) is 1.62. The molecule has 9 heavy (non-hydrogen) atoms. The van der Waals surface area contributed by atoms with Crippen molar-refractivity contribution in [3.63, 3.8) is 0 Å². The molecule has 1 saturated carbocycles. The Morgan fingerprint density at radius 1 is 1.11 bits per heavy atom. The molecule has 0 radical (unpaired) electrons. The monoisotopic (exact) mass is 154 g/mol. The average Bonchev–Trinajstić information content (AvgIpc) is 1.65. The van der Waals surface area contributed by atoms with Crippen LogP contribution in [0.15, 0.2) is 0 Å². The third-order valence-electron chi connectivity index (χ3n) is 1.62. The van der Waals surface area contributed by atoms with Crippen LogP contribution < -0.4 is 0 Å². The number of halogens is 2. The second-order valence-electron chi connectivity index (χ2n) is 2.48. The van der Waals surface area contributed by atoms with E-state index in [2.05, 4.69) is 0 Å². The summed E-state index contributed by atoms with van der Waals surface area (Å²) in [7, 11) is 0. The summed E-state index contributed by atoms with van der Waals surface area (Å²) in [6.45, 7) is 0. The standard InChI is InChI=1S/C6H11FO.ClH/c7-6(8)4-2-1-3-5-6;/h8H,1-5H2;1H. The van der Waals surface area contributed by atoms with Crippen LogP contribution in [-0.4, -0.2) is 11.0 Å². The Morgan fingerprint density at radius 2 is 1.56 bits per heavy atom. The smallest absolute Gasteiger partial charge is 0.206 e. The van der Waals surface area contributed by atoms with Gasteiger partial charge in [0.15, 0.2) is 0 Å². The average molecular weight is 155 g/mol. The molecule has 1 fully saturated rings. The Balaban J connectivity index is 0.000000640. The summed E-state index contributed by atoms with van der Waals surface area (Å²) in [5.74, 6) is -1.82. The van der Waals surface area contributed by atoms with Gasteiger partial charge in [0, 0.05) is 12.8 Å². The quantitative estimate of drug-likeness (QED) is 0.566. The molecule has 0 aromatic rings. The molecule has 1 N–H and O–H groups in total. The van der Waals surface area contributed by atoms with E-state index in [9.17, 15) is 4.39 Å². The van der Waals surface area contributed by atoms with E-state index in [-0.39, 0.29) is 12.4 Å². The van der Waals surface area contributed by atoms with Crippen LogP contribution in [0.4, 0.5) is 4.39 Å². The summed E-state index contributed by atoms with van der Waals surface area (Å²) in [6.07, 6.45) is 3.44. The van der Waals surface area contributed by atoms with Crippen LogP contribution in [0, 0.1) is 0 Å². The first kappa shape index (κ1) is 9.18. The molecule has 1 aliphatic rings. The van der Waals surface area contributed by atoms with Crippen molar-refractivity contribution in [1.82, 2.24) is 0 Å². The van der Waals surface area contributed by atoms with Crippen molar-refractivity contribution in [2.45, 2.75) is 38.0 Å². The molecule has 1 aliphatic carbocycles. The zero-order chi connectivity index (χ0) is 6.04. The van der Waals surface area contributed by atoms with Gasteiger partial charge in [-0.1, -0.05) is 6.42 Å². The van der Waals surface area contributed by atoms with Gasteiger partial charge in [-0.3, -0.25) is 0 Å². The van der Waals surface area contributed by atoms with Crippen LogP contribution in [0.2, 0.25) is 0 Å². The van der Waals surface area contributed by atoms with Gasteiger partial charge in [0.25, 0.3) is 0 Å². The molecule has 1 rings (SSSR count). The first-order valence-corrected chi connectivity index (χ1v) is 3.12. The molecule has 0 aromatic heterocycles. The number of alkyl halides is 1. The van der Waals surface area contributed by atoms with E-state index in [4.69, 9.17) is 5.11 Å². The Hall–Kier alpha value is 0.180. The van der Waals surface area contributed by atoms with Crippen LogP contribution >= 0.6 is 12.4 Å². The fourth-order valence-electron chi connectivity index (χ4n) is 1.09. The van der Waals surface area contributed by atoms with Gasteiger partial charge in [-0.25, -0.2) is 4.39 Å². The molecule has 1 nitrogen and oxygen atoms in total. The predicted molar refractivity (Wildman–Crippen MR) is 36.4 cm³/mol. The summed E-state index contributed by atoms with van der Waals surface area (Å²) in [4.78, 5) is 0. The summed E-state index contributed by atoms with van der Waals surface area (Å²) in [6, 6.07) is 0. The van der Waals surface area contributed by atoms with Gasteiger partial charge in [0.1, 0.15) is 0 Å². The van der Waals surface area contributed by atoms with Crippen LogP contribution in [-0.2, 0) is 0 Å². The summed E-state index contributed by atoms with van der Waals surface area (Å²) < 4.78 is 12.4. The molecule has 56 valence electrons. The van der Waals surface area contributed by atoms with Crippen molar-refractivity contribution in [2.24, 2.45) is 0 Å². The molecular formula is C6H12ClFO. The highest BCUT2D eigenvalue weighted by molar-refractivity contribution is 5.85. The molecule has 0 heterocycles. The Labute approximate surface area is 60.7 Å². The zero-order valence-electron chi connectivity index (χ0n) is 5.27. The third kappa shape index (κ3) is 3.01. The maximum absolute atomic E-state index is 12.4. The molecule has 0 aliphatic heterocycles. The highest BCUT2D eigenvalue weighted by Crippen LogP contribution is 2.28. The zero-order valence-corrected chi connectivity index (χ0v) is 6.09. The van der Waals surface area contributed by atoms with Gasteiger partial charge < -0.3 is 5.11 Å². The maximum atomic E-state index is 12.4. The molecular weight excluding hydrogens is 143 g/mol. The predicted octanol–water partition coefficient (Wildman–Crippen LogP) is 2.03. The number of rotatable bonds is 0. The van der Waals surface area contributed by atoms with Crippen LogP contribution in [0.25, 0.3) is 0 Å². The van der Waals surface area contributed by atoms with Gasteiger partial charge in [0.05, 0.1) is 0 Å². The first-order chi connectivity index (χ1) is 3.71. The Kier molecular flexibility index (Phi) is 3.44. The molecule has 0 saturated heterocycles. The van der Waals surface area contributed by atoms with Crippen molar-refractivity contribution in [1.29, 1.82) is 0 Å². The second kappa shape index (κ2) is 3.37. The van der Waals surface area contributed by atoms with Gasteiger partial charge in [-0.15, -0.1) is 12.4 Å². The topological polar surface area (TPSA) is 20.2 Å². The van der Waals surface area contributed by atoms with Crippen molar-refractivity contribution in [3.05, 3.63) is 0 Å². The lowest BCUT2D eigenvalue weighted by Gasteiger charge is -2.22. The number of hydrogen-bond acceptors (Lipinski definition) is 1. The van der Waals surface area contributed by atoms with E-state index in [0.29, 0.717) is 12.8 Å². The Morgan fingerprint density at radius 3 is 1.78 bits per heavy atom. The number of aliphatic hydroxyl groups is 1. The number of hydrogen-bond donors (Lipinski definition) is 1. The summed E-state index contributed by atoms with van der Waals surface area (Å²) in [5, 5.41) is 8.71. The molecule has 0 atom stereocenters. The van der Waals surface area contributed by atoms with Gasteiger partial charge >= 0.3 is 0 Å². The molecule has 0 aromatic carbocycles. The van der Waals surface area contributed by atoms with Crippen LogP contribution in [0.5, 0.6) is 0 Å². The van der Waals surface area contributed by atoms with Crippen molar-refractivity contribution in [3.8, 4) is 0 Å². The highest BCUT2D eigenvalue weighted by Gasteiger charge is 2.27. The highest BCUT2D eigenvalue weighted by atomic mass is 35.5.